The summed E-state index contributed by atoms with van der Waals surface area (Å²) < 4.78 is 1.03. The van der Waals surface area contributed by atoms with Crippen molar-refractivity contribution in [3.05, 3.63) is 58.0 Å². The molecule has 1 aliphatic heterocycles. The van der Waals surface area contributed by atoms with Crippen molar-refractivity contribution in [2.75, 3.05) is 11.4 Å². The second kappa shape index (κ2) is 7.51. The Hall–Kier alpha value is -2.96. The number of aromatic nitrogens is 2. The van der Waals surface area contributed by atoms with Crippen LogP contribution in [0.15, 0.2) is 41.2 Å². The van der Waals surface area contributed by atoms with Gasteiger partial charge in [-0.25, -0.2) is 4.68 Å². The predicted octanol–water partition coefficient (Wildman–Crippen LogP) is 1.36. The highest BCUT2D eigenvalue weighted by Gasteiger charge is 2.26. The van der Waals surface area contributed by atoms with Gasteiger partial charge in [0.15, 0.2) is 0 Å². The summed E-state index contributed by atoms with van der Waals surface area (Å²) in [5.41, 5.74) is 1.72. The number of hydrogen-bond donors (Lipinski definition) is 1. The number of nitrogens with one attached hydrogen (secondary N) is 1. The third-order valence-corrected chi connectivity index (χ3v) is 4.53. The molecule has 1 aliphatic rings. The van der Waals surface area contributed by atoms with Gasteiger partial charge in [0.2, 0.25) is 5.91 Å². The predicted molar refractivity (Wildman–Crippen MR) is 98.2 cm³/mol. The van der Waals surface area contributed by atoms with Gasteiger partial charge in [-0.05, 0) is 37.5 Å². The fourth-order valence-corrected chi connectivity index (χ4v) is 2.92. The second-order valence-electron chi connectivity index (χ2n) is 6.43. The van der Waals surface area contributed by atoms with Crippen LogP contribution >= 0.6 is 0 Å². The van der Waals surface area contributed by atoms with E-state index in [1.807, 2.05) is 38.1 Å². The first kappa shape index (κ1) is 17.8. The number of nitrogens with zero attached hydrogens (tertiary/aromatic N) is 3. The minimum absolute atomic E-state index is 0.0177. The van der Waals surface area contributed by atoms with Crippen molar-refractivity contribution in [2.45, 2.75) is 39.3 Å². The lowest BCUT2D eigenvalue weighted by Crippen LogP contribution is -2.39. The molecule has 1 atom stereocenters. The number of para-hydroxylation sites is 1. The Labute approximate surface area is 151 Å². The van der Waals surface area contributed by atoms with Gasteiger partial charge in [0.05, 0.1) is 0 Å². The Bertz CT molecular complexity index is 890. The zero-order valence-corrected chi connectivity index (χ0v) is 14.9. The van der Waals surface area contributed by atoms with Crippen molar-refractivity contribution in [1.82, 2.24) is 15.1 Å². The number of carbonyl (C=O) groups is 2. The number of anilines is 1. The molecule has 1 unspecified atom stereocenters. The average Bonchev–Trinajstić information content (AvgIpc) is 3.07. The summed E-state index contributed by atoms with van der Waals surface area (Å²) in [6.45, 7) is 4.22. The molecule has 26 heavy (non-hydrogen) atoms. The fraction of sp³-hybridized carbons (Fsp3) is 0.368. The van der Waals surface area contributed by atoms with Crippen molar-refractivity contribution < 1.29 is 9.59 Å². The van der Waals surface area contributed by atoms with Crippen molar-refractivity contribution in [2.24, 2.45) is 0 Å². The molecule has 0 aliphatic carbocycles. The van der Waals surface area contributed by atoms with Gasteiger partial charge < -0.3 is 10.2 Å². The monoisotopic (exact) mass is 354 g/mol. The van der Waals surface area contributed by atoms with E-state index >= 15 is 0 Å². The highest BCUT2D eigenvalue weighted by Crippen LogP contribution is 2.28. The zero-order chi connectivity index (χ0) is 18.7. The minimum Gasteiger partial charge on any atom is -0.352 e. The van der Waals surface area contributed by atoms with Gasteiger partial charge >= 0.3 is 0 Å². The molecule has 1 aromatic carbocycles. The van der Waals surface area contributed by atoms with Crippen LogP contribution < -0.4 is 15.8 Å². The lowest BCUT2D eigenvalue weighted by atomic mass is 10.2. The summed E-state index contributed by atoms with van der Waals surface area (Å²) in [6.07, 6.45) is 1.58. The van der Waals surface area contributed by atoms with Crippen LogP contribution in [-0.4, -0.2) is 34.2 Å². The summed E-state index contributed by atoms with van der Waals surface area (Å²) in [7, 11) is 0. The maximum atomic E-state index is 12.8. The molecule has 0 radical (unpaired) electrons. The van der Waals surface area contributed by atoms with Gasteiger partial charge in [-0.2, -0.15) is 5.10 Å². The number of benzene rings is 1. The van der Waals surface area contributed by atoms with E-state index in [0.29, 0.717) is 6.54 Å². The van der Waals surface area contributed by atoms with E-state index in [4.69, 9.17) is 0 Å². The summed E-state index contributed by atoms with van der Waals surface area (Å²) >= 11 is 0. The highest BCUT2D eigenvalue weighted by molar-refractivity contribution is 6.05. The Balaban J connectivity index is 1.80. The van der Waals surface area contributed by atoms with E-state index < -0.39 is 5.56 Å². The molecule has 0 saturated heterocycles. The number of amides is 2. The van der Waals surface area contributed by atoms with Gasteiger partial charge in [-0.15, -0.1) is 0 Å². The van der Waals surface area contributed by atoms with Gasteiger partial charge in [0.25, 0.3) is 11.5 Å². The fourth-order valence-electron chi connectivity index (χ4n) is 2.92. The largest absolute Gasteiger partial charge is 0.352 e. The van der Waals surface area contributed by atoms with Gasteiger partial charge in [-0.3, -0.25) is 14.4 Å². The lowest BCUT2D eigenvalue weighted by molar-refractivity contribution is -0.122. The van der Waals surface area contributed by atoms with Gasteiger partial charge in [0.1, 0.15) is 12.2 Å². The standard InChI is InChI=1S/C19H22N4O3/c1-3-13(2)20-17(24)12-23-18(25)9-8-15(21-23)19(26)22-11-10-14-6-4-5-7-16(14)22/h4-9,13H,3,10-12H2,1-2H3,(H,20,24). The molecule has 1 N–H and O–H groups in total. The Kier molecular flexibility index (Phi) is 5.16. The molecular weight excluding hydrogens is 332 g/mol. The normalized spacial score (nSPS) is 14.0. The molecule has 7 nitrogen and oxygen atoms in total. The summed E-state index contributed by atoms with van der Waals surface area (Å²) in [5.74, 6) is -0.573. The van der Waals surface area contributed by atoms with Crippen molar-refractivity contribution in [1.29, 1.82) is 0 Å². The van der Waals surface area contributed by atoms with Gasteiger partial charge in [0, 0.05) is 24.3 Å². The summed E-state index contributed by atoms with van der Waals surface area (Å²) in [6, 6.07) is 10.4. The molecule has 2 aromatic rings. The third kappa shape index (κ3) is 3.66. The smallest absolute Gasteiger partial charge is 0.278 e. The first-order valence-corrected chi connectivity index (χ1v) is 8.77. The number of carbonyl (C=O) groups excluding carboxylic acids is 2. The second-order valence-corrected chi connectivity index (χ2v) is 6.43. The maximum absolute atomic E-state index is 12.8. The highest BCUT2D eigenvalue weighted by atomic mass is 16.2. The van der Waals surface area contributed by atoms with Crippen LogP contribution in [0.5, 0.6) is 0 Å². The van der Waals surface area contributed by atoms with Crippen LogP contribution in [0.25, 0.3) is 0 Å². The van der Waals surface area contributed by atoms with Crippen LogP contribution in [0.1, 0.15) is 36.3 Å². The molecule has 2 heterocycles. The third-order valence-electron chi connectivity index (χ3n) is 4.53. The molecule has 2 amide bonds. The van der Waals surface area contributed by atoms with E-state index in [1.165, 1.54) is 12.1 Å². The van der Waals surface area contributed by atoms with E-state index in [-0.39, 0.29) is 30.1 Å². The summed E-state index contributed by atoms with van der Waals surface area (Å²) in [4.78, 5) is 38.5. The van der Waals surface area contributed by atoms with Crippen LogP contribution in [0.4, 0.5) is 5.69 Å². The number of hydrogen-bond acceptors (Lipinski definition) is 4. The average molecular weight is 354 g/mol. The molecule has 0 spiro atoms. The van der Waals surface area contributed by atoms with Crippen LogP contribution in [0.2, 0.25) is 0 Å². The summed E-state index contributed by atoms with van der Waals surface area (Å²) in [5, 5.41) is 6.90. The Morgan fingerprint density at radius 3 is 2.77 bits per heavy atom. The molecule has 136 valence electrons. The van der Waals surface area contributed by atoms with Crippen molar-refractivity contribution in [3.8, 4) is 0 Å². The molecule has 7 heteroatoms. The topological polar surface area (TPSA) is 84.3 Å². The van der Waals surface area contributed by atoms with Crippen LogP contribution in [0, 0.1) is 0 Å². The van der Waals surface area contributed by atoms with Crippen LogP contribution in [0.3, 0.4) is 0 Å². The van der Waals surface area contributed by atoms with E-state index in [2.05, 4.69) is 10.4 Å². The van der Waals surface area contributed by atoms with Crippen LogP contribution in [-0.2, 0) is 17.8 Å². The Morgan fingerprint density at radius 1 is 1.23 bits per heavy atom. The Morgan fingerprint density at radius 2 is 2.00 bits per heavy atom. The number of fused-ring (bicyclic) bond motifs is 1. The SMILES string of the molecule is CCC(C)NC(=O)Cn1nc(C(=O)N2CCc3ccccc32)ccc1=O. The van der Waals surface area contributed by atoms with Gasteiger partial charge in [-0.1, -0.05) is 25.1 Å². The first-order chi connectivity index (χ1) is 12.5. The maximum Gasteiger partial charge on any atom is 0.278 e. The first-order valence-electron chi connectivity index (χ1n) is 8.77. The molecule has 1 aromatic heterocycles. The van der Waals surface area contributed by atoms with Crippen molar-refractivity contribution in [3.63, 3.8) is 0 Å². The molecule has 0 fully saturated rings. The van der Waals surface area contributed by atoms with E-state index in [9.17, 15) is 14.4 Å². The molecule has 3 rings (SSSR count). The molecule has 0 saturated carbocycles. The van der Waals surface area contributed by atoms with Crippen molar-refractivity contribution >= 4 is 17.5 Å². The minimum atomic E-state index is -0.414. The lowest BCUT2D eigenvalue weighted by Gasteiger charge is -2.17. The van der Waals surface area contributed by atoms with E-state index in [1.54, 1.807) is 4.90 Å². The zero-order valence-electron chi connectivity index (χ0n) is 14.9. The molecular formula is C19H22N4O3. The van der Waals surface area contributed by atoms with E-state index in [0.717, 1.165) is 28.8 Å². The quantitative estimate of drug-likeness (QED) is 0.879. The number of rotatable bonds is 5. The molecule has 0 bridgehead atoms.